The molecule has 1 aromatic heterocycles. The Balaban J connectivity index is 1.79. The zero-order valence-electron chi connectivity index (χ0n) is 11.8. The third-order valence-corrected chi connectivity index (χ3v) is 3.50. The minimum Gasteiger partial charge on any atom is -0.367 e. The van der Waals surface area contributed by atoms with Crippen molar-refractivity contribution in [3.05, 3.63) is 60.2 Å². The van der Waals surface area contributed by atoms with Gasteiger partial charge in [-0.2, -0.15) is 0 Å². The maximum absolute atomic E-state index is 12.5. The summed E-state index contributed by atoms with van der Waals surface area (Å²) in [6.45, 7) is 3.08. The van der Waals surface area contributed by atoms with Crippen LogP contribution in [0.15, 0.2) is 48.9 Å². The molecule has 5 nitrogen and oxygen atoms in total. The van der Waals surface area contributed by atoms with Gasteiger partial charge in [0.1, 0.15) is 11.8 Å². The first kappa shape index (κ1) is 13.7. The molecule has 2 aromatic rings. The van der Waals surface area contributed by atoms with Crippen LogP contribution < -0.4 is 0 Å². The van der Waals surface area contributed by atoms with E-state index in [9.17, 15) is 4.79 Å². The van der Waals surface area contributed by atoms with Crippen LogP contribution >= 0.6 is 0 Å². The Morgan fingerprint density at radius 1 is 1.24 bits per heavy atom. The Bertz CT molecular complexity index is 603. The van der Waals surface area contributed by atoms with Crippen LogP contribution in [-0.4, -0.2) is 40.0 Å². The molecule has 2 atom stereocenters. The van der Waals surface area contributed by atoms with Crippen molar-refractivity contribution in [1.82, 2.24) is 14.9 Å². The lowest BCUT2D eigenvalue weighted by atomic mass is 10.1. The Kier molecular flexibility index (Phi) is 3.92. The number of rotatable bonds is 2. The van der Waals surface area contributed by atoms with Crippen molar-refractivity contribution in [3.8, 4) is 0 Å². The number of benzene rings is 1. The predicted molar refractivity (Wildman–Crippen MR) is 77.7 cm³/mol. The van der Waals surface area contributed by atoms with Crippen molar-refractivity contribution < 1.29 is 9.53 Å². The first-order valence-corrected chi connectivity index (χ1v) is 7.00. The molecule has 2 heterocycles. The van der Waals surface area contributed by atoms with Crippen LogP contribution in [0, 0.1) is 0 Å². The molecule has 1 amide bonds. The number of morpholine rings is 1. The highest BCUT2D eigenvalue weighted by molar-refractivity contribution is 5.92. The SMILES string of the molecule is C[C@@H]1CN(C(=O)c2cnccn2)C[C@@H](c2ccccc2)O1. The van der Waals surface area contributed by atoms with E-state index in [1.807, 2.05) is 37.3 Å². The topological polar surface area (TPSA) is 55.3 Å². The smallest absolute Gasteiger partial charge is 0.274 e. The van der Waals surface area contributed by atoms with E-state index in [1.165, 1.54) is 12.4 Å². The highest BCUT2D eigenvalue weighted by Gasteiger charge is 2.30. The molecular formula is C16H17N3O2. The van der Waals surface area contributed by atoms with E-state index in [1.54, 1.807) is 11.1 Å². The van der Waals surface area contributed by atoms with Gasteiger partial charge in [0.05, 0.1) is 18.8 Å². The molecule has 0 aliphatic carbocycles. The molecular weight excluding hydrogens is 266 g/mol. The molecule has 0 bridgehead atoms. The van der Waals surface area contributed by atoms with E-state index in [4.69, 9.17) is 4.74 Å². The van der Waals surface area contributed by atoms with Crippen LogP contribution in [0.2, 0.25) is 0 Å². The average Bonchev–Trinajstić information content (AvgIpc) is 2.55. The van der Waals surface area contributed by atoms with Gasteiger partial charge < -0.3 is 9.64 Å². The number of amides is 1. The number of nitrogens with zero attached hydrogens (tertiary/aromatic N) is 3. The number of hydrogen-bond donors (Lipinski definition) is 0. The van der Waals surface area contributed by atoms with E-state index in [0.717, 1.165) is 5.56 Å². The highest BCUT2D eigenvalue weighted by atomic mass is 16.5. The molecule has 0 spiro atoms. The molecule has 0 N–H and O–H groups in total. The summed E-state index contributed by atoms with van der Waals surface area (Å²) in [5, 5.41) is 0. The largest absolute Gasteiger partial charge is 0.367 e. The van der Waals surface area contributed by atoms with Crippen molar-refractivity contribution in [2.24, 2.45) is 0 Å². The van der Waals surface area contributed by atoms with Gasteiger partial charge in [0.2, 0.25) is 0 Å². The van der Waals surface area contributed by atoms with E-state index in [0.29, 0.717) is 18.8 Å². The van der Waals surface area contributed by atoms with E-state index < -0.39 is 0 Å². The number of carbonyl (C=O) groups is 1. The fourth-order valence-corrected chi connectivity index (χ4v) is 2.54. The van der Waals surface area contributed by atoms with Crippen LogP contribution in [-0.2, 0) is 4.74 Å². The summed E-state index contributed by atoms with van der Waals surface area (Å²) in [5.74, 6) is -0.0980. The lowest BCUT2D eigenvalue weighted by Gasteiger charge is -2.36. The van der Waals surface area contributed by atoms with Crippen LogP contribution in [0.25, 0.3) is 0 Å². The number of aromatic nitrogens is 2. The van der Waals surface area contributed by atoms with Crippen molar-refractivity contribution >= 4 is 5.91 Å². The molecule has 1 aliphatic rings. The van der Waals surface area contributed by atoms with Gasteiger partial charge in [0, 0.05) is 18.9 Å². The predicted octanol–water partition coefficient (Wildman–Crippen LogP) is 2.08. The molecule has 1 fully saturated rings. The number of carbonyl (C=O) groups excluding carboxylic acids is 1. The average molecular weight is 283 g/mol. The van der Waals surface area contributed by atoms with E-state index >= 15 is 0 Å². The van der Waals surface area contributed by atoms with Gasteiger partial charge in [-0.15, -0.1) is 0 Å². The standard InChI is InChI=1S/C16H17N3O2/c1-12-10-19(16(20)14-9-17-7-8-18-14)11-15(21-12)13-5-3-2-4-6-13/h2-9,12,15H,10-11H2,1H3/t12-,15+/m1/s1. The minimum absolute atomic E-state index is 0.00965. The molecule has 3 rings (SSSR count). The molecule has 21 heavy (non-hydrogen) atoms. The molecule has 1 saturated heterocycles. The third-order valence-electron chi connectivity index (χ3n) is 3.50. The van der Waals surface area contributed by atoms with Crippen LogP contribution in [0.3, 0.4) is 0 Å². The zero-order chi connectivity index (χ0) is 14.7. The Hall–Kier alpha value is -2.27. The minimum atomic E-state index is -0.101. The van der Waals surface area contributed by atoms with Gasteiger partial charge in [-0.3, -0.25) is 9.78 Å². The summed E-state index contributed by atoms with van der Waals surface area (Å²) < 4.78 is 5.96. The van der Waals surface area contributed by atoms with Crippen molar-refractivity contribution in [2.45, 2.75) is 19.1 Å². The fraction of sp³-hybridized carbons (Fsp3) is 0.312. The summed E-state index contributed by atoms with van der Waals surface area (Å²) in [7, 11) is 0. The molecule has 5 heteroatoms. The van der Waals surface area contributed by atoms with Gasteiger partial charge in [0.15, 0.2) is 0 Å². The van der Waals surface area contributed by atoms with E-state index in [2.05, 4.69) is 9.97 Å². The summed E-state index contributed by atoms with van der Waals surface area (Å²) in [4.78, 5) is 22.3. The second-order valence-corrected chi connectivity index (χ2v) is 5.15. The van der Waals surface area contributed by atoms with Crippen LogP contribution in [0.4, 0.5) is 0 Å². The van der Waals surface area contributed by atoms with Crippen LogP contribution in [0.5, 0.6) is 0 Å². The first-order chi connectivity index (χ1) is 10.2. The maximum Gasteiger partial charge on any atom is 0.274 e. The van der Waals surface area contributed by atoms with Gasteiger partial charge >= 0.3 is 0 Å². The molecule has 1 aromatic carbocycles. The second kappa shape index (κ2) is 6.01. The van der Waals surface area contributed by atoms with Gasteiger partial charge in [0.25, 0.3) is 5.91 Å². The molecule has 0 radical (unpaired) electrons. The third kappa shape index (κ3) is 3.08. The van der Waals surface area contributed by atoms with Crippen LogP contribution in [0.1, 0.15) is 29.1 Å². The lowest BCUT2D eigenvalue weighted by molar-refractivity contribution is -0.0693. The lowest BCUT2D eigenvalue weighted by Crippen LogP contribution is -2.46. The molecule has 108 valence electrons. The Morgan fingerprint density at radius 2 is 2.05 bits per heavy atom. The highest BCUT2D eigenvalue weighted by Crippen LogP contribution is 2.25. The molecule has 0 unspecified atom stereocenters. The molecule has 0 saturated carbocycles. The normalized spacial score (nSPS) is 22.0. The van der Waals surface area contributed by atoms with Gasteiger partial charge in [-0.25, -0.2) is 4.98 Å². The number of ether oxygens (including phenoxy) is 1. The van der Waals surface area contributed by atoms with Crippen molar-refractivity contribution in [3.63, 3.8) is 0 Å². The van der Waals surface area contributed by atoms with Gasteiger partial charge in [-0.1, -0.05) is 30.3 Å². The van der Waals surface area contributed by atoms with Gasteiger partial charge in [-0.05, 0) is 12.5 Å². The fourth-order valence-electron chi connectivity index (χ4n) is 2.54. The second-order valence-electron chi connectivity index (χ2n) is 5.15. The van der Waals surface area contributed by atoms with E-state index in [-0.39, 0.29) is 18.1 Å². The quantitative estimate of drug-likeness (QED) is 0.846. The van der Waals surface area contributed by atoms with Crippen molar-refractivity contribution in [2.75, 3.05) is 13.1 Å². The maximum atomic E-state index is 12.5. The first-order valence-electron chi connectivity index (χ1n) is 7.00. The Morgan fingerprint density at radius 3 is 2.76 bits per heavy atom. The monoisotopic (exact) mass is 283 g/mol. The number of hydrogen-bond acceptors (Lipinski definition) is 4. The Labute approximate surface area is 123 Å². The molecule has 1 aliphatic heterocycles. The summed E-state index contributed by atoms with van der Waals surface area (Å²) >= 11 is 0. The summed E-state index contributed by atoms with van der Waals surface area (Å²) in [6, 6.07) is 9.97. The zero-order valence-corrected chi connectivity index (χ0v) is 11.8. The summed E-state index contributed by atoms with van der Waals surface area (Å²) in [5.41, 5.74) is 1.46. The summed E-state index contributed by atoms with van der Waals surface area (Å²) in [6.07, 6.45) is 4.48. The van der Waals surface area contributed by atoms with Crippen molar-refractivity contribution in [1.29, 1.82) is 0 Å².